The van der Waals surface area contributed by atoms with Gasteiger partial charge in [-0.2, -0.15) is 0 Å². The number of nitrogens with zero attached hydrogens (tertiary/aromatic N) is 2. The molecule has 0 bridgehead atoms. The van der Waals surface area contributed by atoms with Crippen molar-refractivity contribution in [1.29, 1.82) is 0 Å². The van der Waals surface area contributed by atoms with Crippen molar-refractivity contribution in [2.75, 3.05) is 27.7 Å². The first-order valence-electron chi connectivity index (χ1n) is 7.61. The summed E-state index contributed by atoms with van der Waals surface area (Å²) >= 11 is 0. The summed E-state index contributed by atoms with van der Waals surface area (Å²) in [5, 5.41) is 0. The van der Waals surface area contributed by atoms with Crippen LogP contribution in [0.3, 0.4) is 0 Å². The minimum atomic E-state index is 0.259. The first-order chi connectivity index (χ1) is 8.64. The molecule has 3 heteroatoms. The average Bonchev–Trinajstić information content (AvgIpc) is 2.31. The monoisotopic (exact) mass is 270 g/mol. The van der Waals surface area contributed by atoms with Crippen molar-refractivity contribution in [2.24, 2.45) is 0 Å². The van der Waals surface area contributed by atoms with Crippen molar-refractivity contribution in [3.8, 4) is 0 Å². The first-order valence-corrected chi connectivity index (χ1v) is 7.61. The fourth-order valence-corrected chi connectivity index (χ4v) is 3.47. The lowest BCUT2D eigenvalue weighted by atomic mass is 9.77. The third-order valence-electron chi connectivity index (χ3n) is 5.19. The van der Waals surface area contributed by atoms with Gasteiger partial charge in [0, 0.05) is 30.8 Å². The van der Waals surface area contributed by atoms with Crippen LogP contribution in [-0.4, -0.2) is 60.8 Å². The Morgan fingerprint density at radius 2 is 1.68 bits per heavy atom. The van der Waals surface area contributed by atoms with E-state index in [1.807, 2.05) is 7.11 Å². The zero-order chi connectivity index (χ0) is 14.8. The van der Waals surface area contributed by atoms with Crippen LogP contribution in [0.25, 0.3) is 0 Å². The van der Waals surface area contributed by atoms with Crippen molar-refractivity contribution in [2.45, 2.75) is 77.1 Å². The maximum atomic E-state index is 5.53. The van der Waals surface area contributed by atoms with E-state index in [-0.39, 0.29) is 11.1 Å². The van der Waals surface area contributed by atoms with Crippen LogP contribution >= 0.6 is 0 Å². The van der Waals surface area contributed by atoms with E-state index >= 15 is 0 Å². The van der Waals surface area contributed by atoms with E-state index < -0.39 is 0 Å². The lowest BCUT2D eigenvalue weighted by Gasteiger charge is -2.55. The second-order valence-electron chi connectivity index (χ2n) is 7.45. The van der Waals surface area contributed by atoms with Crippen molar-refractivity contribution < 1.29 is 4.74 Å². The Hall–Kier alpha value is -0.120. The van der Waals surface area contributed by atoms with Crippen LogP contribution in [0.2, 0.25) is 0 Å². The fourth-order valence-electron chi connectivity index (χ4n) is 3.47. The van der Waals surface area contributed by atoms with Gasteiger partial charge in [-0.3, -0.25) is 4.90 Å². The molecule has 1 rings (SSSR count). The van der Waals surface area contributed by atoms with E-state index in [1.54, 1.807) is 0 Å². The number of likely N-dealkylation sites (tertiary alicyclic amines) is 1. The average molecular weight is 270 g/mol. The van der Waals surface area contributed by atoms with Gasteiger partial charge in [0.2, 0.25) is 0 Å². The highest BCUT2D eigenvalue weighted by Crippen LogP contribution is 2.38. The van der Waals surface area contributed by atoms with E-state index in [0.717, 1.165) is 13.0 Å². The Morgan fingerprint density at radius 3 is 2.05 bits per heavy atom. The van der Waals surface area contributed by atoms with E-state index in [9.17, 15) is 0 Å². The summed E-state index contributed by atoms with van der Waals surface area (Å²) in [7, 11) is 6.34. The molecule has 1 aliphatic rings. The van der Waals surface area contributed by atoms with Crippen LogP contribution in [0.5, 0.6) is 0 Å². The molecule has 3 nitrogen and oxygen atoms in total. The van der Waals surface area contributed by atoms with Crippen molar-refractivity contribution in [1.82, 2.24) is 9.80 Å². The molecule has 1 aliphatic heterocycles. The molecule has 19 heavy (non-hydrogen) atoms. The lowest BCUT2D eigenvalue weighted by Crippen LogP contribution is -2.62. The molecule has 0 aromatic rings. The minimum absolute atomic E-state index is 0.259. The van der Waals surface area contributed by atoms with Crippen LogP contribution in [0.1, 0.15) is 53.9 Å². The van der Waals surface area contributed by atoms with Crippen LogP contribution < -0.4 is 0 Å². The molecule has 0 aromatic carbocycles. The zero-order valence-corrected chi connectivity index (χ0v) is 14.3. The Bertz CT molecular complexity index is 266. The largest absolute Gasteiger partial charge is 0.380 e. The number of piperidine rings is 1. The first kappa shape index (κ1) is 16.9. The molecule has 1 heterocycles. The summed E-state index contributed by atoms with van der Waals surface area (Å²) in [5.74, 6) is 0. The van der Waals surface area contributed by atoms with Crippen LogP contribution in [-0.2, 0) is 4.74 Å². The Balaban J connectivity index is 2.74. The quantitative estimate of drug-likeness (QED) is 0.764. The highest BCUT2D eigenvalue weighted by molar-refractivity contribution is 5.01. The van der Waals surface area contributed by atoms with Crippen LogP contribution in [0, 0.1) is 0 Å². The third kappa shape index (κ3) is 3.93. The smallest absolute Gasteiger partial charge is 0.0695 e. The molecule has 0 aromatic heterocycles. The summed E-state index contributed by atoms with van der Waals surface area (Å²) in [5.41, 5.74) is 0.519. The number of likely N-dealkylation sites (N-methyl/N-ethyl adjacent to an activating group) is 1. The van der Waals surface area contributed by atoms with Gasteiger partial charge in [0.25, 0.3) is 0 Å². The van der Waals surface area contributed by atoms with Crippen molar-refractivity contribution >= 4 is 0 Å². The molecule has 0 radical (unpaired) electrons. The summed E-state index contributed by atoms with van der Waals surface area (Å²) < 4.78 is 5.53. The van der Waals surface area contributed by atoms with Gasteiger partial charge in [0.05, 0.1) is 6.10 Å². The number of ether oxygens (including phenoxy) is 1. The van der Waals surface area contributed by atoms with Gasteiger partial charge in [-0.05, 0) is 61.1 Å². The van der Waals surface area contributed by atoms with E-state index in [4.69, 9.17) is 4.74 Å². The topological polar surface area (TPSA) is 15.7 Å². The second kappa shape index (κ2) is 6.11. The normalized spacial score (nSPS) is 25.7. The van der Waals surface area contributed by atoms with Gasteiger partial charge in [0.15, 0.2) is 0 Å². The van der Waals surface area contributed by atoms with E-state index in [2.05, 4.69) is 58.5 Å². The standard InChI is InChI=1S/C16H34N2O/c1-9-14(19-8)12-17(6)13-10-15(2,3)18(7)16(4,5)11-13/h13-14H,9-12H2,1-8H3. The van der Waals surface area contributed by atoms with Crippen LogP contribution in [0.4, 0.5) is 0 Å². The molecule has 1 saturated heterocycles. The molecule has 0 amide bonds. The van der Waals surface area contributed by atoms with Gasteiger partial charge < -0.3 is 9.64 Å². The van der Waals surface area contributed by atoms with Gasteiger partial charge in [0.1, 0.15) is 0 Å². The summed E-state index contributed by atoms with van der Waals surface area (Å²) in [4.78, 5) is 5.05. The second-order valence-corrected chi connectivity index (χ2v) is 7.45. The van der Waals surface area contributed by atoms with Gasteiger partial charge in [-0.15, -0.1) is 0 Å². The SMILES string of the molecule is CCC(CN(C)C1CC(C)(C)N(C)C(C)(C)C1)OC. The minimum Gasteiger partial charge on any atom is -0.380 e. The Kier molecular flexibility index (Phi) is 5.44. The zero-order valence-electron chi connectivity index (χ0n) is 14.3. The molecule has 0 saturated carbocycles. The molecule has 0 spiro atoms. The number of rotatable bonds is 5. The molecular weight excluding hydrogens is 236 g/mol. The highest BCUT2D eigenvalue weighted by Gasteiger charge is 2.44. The fraction of sp³-hybridized carbons (Fsp3) is 1.00. The number of methoxy groups -OCH3 is 1. The third-order valence-corrected chi connectivity index (χ3v) is 5.19. The highest BCUT2D eigenvalue weighted by atomic mass is 16.5. The Morgan fingerprint density at radius 1 is 1.21 bits per heavy atom. The molecule has 0 aliphatic carbocycles. The lowest BCUT2D eigenvalue weighted by molar-refractivity contribution is -0.0513. The molecule has 114 valence electrons. The van der Waals surface area contributed by atoms with Gasteiger partial charge in [-0.25, -0.2) is 0 Å². The molecular formula is C16H34N2O. The molecule has 1 fully saturated rings. The van der Waals surface area contributed by atoms with Crippen LogP contribution in [0.15, 0.2) is 0 Å². The Labute approximate surface area is 120 Å². The van der Waals surface area contributed by atoms with Gasteiger partial charge >= 0.3 is 0 Å². The van der Waals surface area contributed by atoms with E-state index in [1.165, 1.54) is 12.8 Å². The van der Waals surface area contributed by atoms with E-state index in [0.29, 0.717) is 12.1 Å². The summed E-state index contributed by atoms with van der Waals surface area (Å²) in [6.07, 6.45) is 3.89. The maximum Gasteiger partial charge on any atom is 0.0695 e. The summed E-state index contributed by atoms with van der Waals surface area (Å²) in [6, 6.07) is 0.644. The maximum absolute atomic E-state index is 5.53. The number of hydrogen-bond donors (Lipinski definition) is 0. The molecule has 0 N–H and O–H groups in total. The number of hydrogen-bond acceptors (Lipinski definition) is 3. The molecule has 1 unspecified atom stereocenters. The predicted octanol–water partition coefficient (Wildman–Crippen LogP) is 2.99. The van der Waals surface area contributed by atoms with Gasteiger partial charge in [-0.1, -0.05) is 6.92 Å². The molecule has 1 atom stereocenters. The van der Waals surface area contributed by atoms with Crippen molar-refractivity contribution in [3.63, 3.8) is 0 Å². The van der Waals surface area contributed by atoms with Crippen molar-refractivity contribution in [3.05, 3.63) is 0 Å². The predicted molar refractivity (Wildman–Crippen MR) is 82.7 cm³/mol. The summed E-state index contributed by atoms with van der Waals surface area (Å²) in [6.45, 7) is 12.7.